The third-order valence-electron chi connectivity index (χ3n) is 6.27. The molecule has 1 saturated carbocycles. The lowest BCUT2D eigenvalue weighted by atomic mass is 9.97. The quantitative estimate of drug-likeness (QED) is 0.385. The van der Waals surface area contributed by atoms with Crippen molar-refractivity contribution in [1.82, 2.24) is 15.3 Å². The molecule has 1 aromatic carbocycles. The Morgan fingerprint density at radius 1 is 1.27 bits per heavy atom. The first-order valence-electron chi connectivity index (χ1n) is 10.9. The number of rotatable bonds is 3. The number of aromatic nitrogens is 2. The third-order valence-corrected chi connectivity index (χ3v) is 6.27. The highest BCUT2D eigenvalue weighted by Crippen LogP contribution is 2.39. The van der Waals surface area contributed by atoms with Gasteiger partial charge in [-0.25, -0.2) is 19.2 Å². The molecule has 2 amide bonds. The van der Waals surface area contributed by atoms with Gasteiger partial charge in [-0.2, -0.15) is 0 Å². The highest BCUT2D eigenvalue weighted by atomic mass is 19.1. The van der Waals surface area contributed by atoms with Crippen LogP contribution in [-0.2, 0) is 0 Å². The zero-order chi connectivity index (χ0) is 23.1. The van der Waals surface area contributed by atoms with Crippen molar-refractivity contribution in [2.24, 2.45) is 0 Å². The van der Waals surface area contributed by atoms with Crippen molar-refractivity contribution in [3.05, 3.63) is 35.9 Å². The van der Waals surface area contributed by atoms with Crippen molar-refractivity contribution in [1.29, 1.82) is 0 Å². The van der Waals surface area contributed by atoms with Crippen LogP contribution in [-0.4, -0.2) is 46.4 Å². The number of nitrogens with one attached hydrogen (secondary N) is 3. The van der Waals surface area contributed by atoms with Gasteiger partial charge in [0.05, 0.1) is 17.8 Å². The van der Waals surface area contributed by atoms with E-state index in [4.69, 9.17) is 10.5 Å². The van der Waals surface area contributed by atoms with Gasteiger partial charge in [-0.1, -0.05) is 0 Å². The second kappa shape index (κ2) is 8.36. The molecule has 2 aliphatic rings. The standard InChI is InChI=1S/C23H25FN6O3/c1-11-14(9-28-22-21(11)26-5-6-33-22)13-7-12-8-18(27-10-15(12)20(25)19(13)24)30-23(32)29-16-3-2-4-17(16)31/h7-10,16-17,26,31H,2-6,25H2,1H3,(H2,27,29,30,32)/t16-,17-/m0/s1. The molecule has 1 aliphatic carbocycles. The van der Waals surface area contributed by atoms with Crippen LogP contribution >= 0.6 is 0 Å². The number of aliphatic hydroxyl groups excluding tert-OH is 1. The van der Waals surface area contributed by atoms with Crippen molar-refractivity contribution in [3.8, 4) is 17.0 Å². The number of nitrogen functional groups attached to an aromatic ring is 1. The van der Waals surface area contributed by atoms with Gasteiger partial charge in [0.25, 0.3) is 0 Å². The topological polar surface area (TPSA) is 134 Å². The van der Waals surface area contributed by atoms with Crippen LogP contribution in [0.25, 0.3) is 21.9 Å². The first-order chi connectivity index (χ1) is 15.9. The summed E-state index contributed by atoms with van der Waals surface area (Å²) in [6, 6.07) is 2.58. The van der Waals surface area contributed by atoms with Crippen LogP contribution in [0.3, 0.4) is 0 Å². The summed E-state index contributed by atoms with van der Waals surface area (Å²) in [5, 5.41) is 19.7. The molecule has 0 radical (unpaired) electrons. The van der Waals surface area contributed by atoms with E-state index in [0.717, 1.165) is 24.1 Å². The number of amides is 2. The number of carbonyl (C=O) groups excluding carboxylic acids is 1. The molecule has 3 aromatic rings. The summed E-state index contributed by atoms with van der Waals surface area (Å²) in [6.07, 6.45) is 4.74. The fourth-order valence-corrected chi connectivity index (χ4v) is 4.48. The largest absolute Gasteiger partial charge is 0.474 e. The molecule has 172 valence electrons. The lowest BCUT2D eigenvalue weighted by molar-refractivity contribution is 0.151. The number of benzene rings is 1. The number of pyridine rings is 2. The Labute approximate surface area is 189 Å². The number of nitrogens with two attached hydrogens (primary N) is 1. The van der Waals surface area contributed by atoms with Gasteiger partial charge in [-0.15, -0.1) is 0 Å². The molecule has 0 unspecified atom stereocenters. The number of hydrogen-bond acceptors (Lipinski definition) is 7. The van der Waals surface area contributed by atoms with E-state index in [-0.39, 0.29) is 11.7 Å². The molecule has 2 aromatic heterocycles. The molecule has 5 rings (SSSR count). The van der Waals surface area contributed by atoms with Gasteiger partial charge in [0.1, 0.15) is 18.1 Å². The number of hydrogen-bond donors (Lipinski definition) is 5. The van der Waals surface area contributed by atoms with Crippen LogP contribution in [0.4, 0.5) is 26.4 Å². The summed E-state index contributed by atoms with van der Waals surface area (Å²) in [5.74, 6) is 0.227. The van der Waals surface area contributed by atoms with Crippen molar-refractivity contribution in [2.45, 2.75) is 38.3 Å². The fraction of sp³-hybridized carbons (Fsp3) is 0.348. The average molecular weight is 452 g/mol. The van der Waals surface area contributed by atoms with Crippen LogP contribution in [0.5, 0.6) is 5.88 Å². The van der Waals surface area contributed by atoms with Crippen LogP contribution in [0.2, 0.25) is 0 Å². The molecule has 33 heavy (non-hydrogen) atoms. The monoisotopic (exact) mass is 452 g/mol. The Bertz CT molecular complexity index is 1250. The number of halogens is 1. The molecule has 10 heteroatoms. The van der Waals surface area contributed by atoms with Crippen molar-refractivity contribution in [2.75, 3.05) is 29.5 Å². The minimum absolute atomic E-state index is 0.0265. The maximum atomic E-state index is 15.3. The first-order valence-corrected chi connectivity index (χ1v) is 10.9. The van der Waals surface area contributed by atoms with Gasteiger partial charge in [0, 0.05) is 35.5 Å². The maximum absolute atomic E-state index is 15.3. The zero-order valence-corrected chi connectivity index (χ0v) is 18.1. The number of ether oxygens (including phenoxy) is 1. The Morgan fingerprint density at radius 2 is 2.12 bits per heavy atom. The van der Waals surface area contributed by atoms with E-state index < -0.39 is 18.0 Å². The van der Waals surface area contributed by atoms with Crippen LogP contribution in [0, 0.1) is 12.7 Å². The summed E-state index contributed by atoms with van der Waals surface area (Å²) >= 11 is 0. The number of aliphatic hydroxyl groups is 1. The van der Waals surface area contributed by atoms with E-state index >= 15 is 4.39 Å². The summed E-state index contributed by atoms with van der Waals surface area (Å²) in [5.41, 5.74) is 8.53. The van der Waals surface area contributed by atoms with Crippen molar-refractivity contribution >= 4 is 34.0 Å². The van der Waals surface area contributed by atoms with Crippen LogP contribution in [0.1, 0.15) is 24.8 Å². The Balaban J connectivity index is 1.48. The van der Waals surface area contributed by atoms with E-state index in [1.165, 1.54) is 6.20 Å². The second-order valence-electron chi connectivity index (χ2n) is 8.40. The van der Waals surface area contributed by atoms with E-state index in [0.29, 0.717) is 53.2 Å². The summed E-state index contributed by atoms with van der Waals surface area (Å²) in [7, 11) is 0. The lowest BCUT2D eigenvalue weighted by Gasteiger charge is -2.22. The SMILES string of the molecule is Cc1c(-c2cc3cc(NC(=O)N[C@H]4CCC[C@@H]4O)ncc3c(N)c2F)cnc2c1NCCO2. The van der Waals surface area contributed by atoms with Gasteiger partial charge < -0.3 is 26.2 Å². The molecule has 1 aliphatic heterocycles. The number of nitrogens with zero attached hydrogens (tertiary/aromatic N) is 2. The highest BCUT2D eigenvalue weighted by Gasteiger charge is 2.27. The highest BCUT2D eigenvalue weighted by molar-refractivity contribution is 6.00. The molecule has 0 spiro atoms. The molecule has 1 fully saturated rings. The number of urea groups is 1. The van der Waals surface area contributed by atoms with E-state index in [1.54, 1.807) is 18.3 Å². The van der Waals surface area contributed by atoms with Gasteiger partial charge in [0.15, 0.2) is 5.82 Å². The molecule has 3 heterocycles. The van der Waals surface area contributed by atoms with Crippen molar-refractivity contribution < 1.29 is 19.0 Å². The lowest BCUT2D eigenvalue weighted by Crippen LogP contribution is -2.42. The molecule has 6 N–H and O–H groups in total. The van der Waals surface area contributed by atoms with Crippen LogP contribution in [0.15, 0.2) is 24.5 Å². The minimum Gasteiger partial charge on any atom is -0.474 e. The Hall–Kier alpha value is -3.66. The van der Waals surface area contributed by atoms with Crippen molar-refractivity contribution in [3.63, 3.8) is 0 Å². The van der Waals surface area contributed by atoms with E-state index in [2.05, 4.69) is 25.9 Å². The summed E-state index contributed by atoms with van der Waals surface area (Å²) < 4.78 is 20.8. The maximum Gasteiger partial charge on any atom is 0.320 e. The van der Waals surface area contributed by atoms with Crippen LogP contribution < -0.4 is 26.4 Å². The van der Waals surface area contributed by atoms with Gasteiger partial charge in [-0.3, -0.25) is 5.32 Å². The first kappa shape index (κ1) is 21.2. The normalized spacial score (nSPS) is 19.5. The van der Waals surface area contributed by atoms with E-state index in [9.17, 15) is 9.90 Å². The van der Waals surface area contributed by atoms with Gasteiger partial charge in [0.2, 0.25) is 5.88 Å². The van der Waals surface area contributed by atoms with Gasteiger partial charge >= 0.3 is 6.03 Å². The molecule has 0 saturated heterocycles. The average Bonchev–Trinajstić information content (AvgIpc) is 3.21. The van der Waals surface area contributed by atoms with E-state index in [1.807, 2.05) is 6.92 Å². The minimum atomic E-state index is -0.556. The third kappa shape index (κ3) is 3.86. The van der Waals surface area contributed by atoms with Gasteiger partial charge in [-0.05, 0) is 49.3 Å². The Kier molecular flexibility index (Phi) is 5.37. The number of carbonyl (C=O) groups is 1. The summed E-state index contributed by atoms with van der Waals surface area (Å²) in [6.45, 7) is 3.03. The molecule has 9 nitrogen and oxygen atoms in total. The molecular formula is C23H25FN6O3. The molecule has 2 atom stereocenters. The summed E-state index contributed by atoms with van der Waals surface area (Å²) in [4.78, 5) is 20.9. The molecule has 0 bridgehead atoms. The predicted molar refractivity (Wildman–Crippen MR) is 124 cm³/mol. The second-order valence-corrected chi connectivity index (χ2v) is 8.40. The number of fused-ring (bicyclic) bond motifs is 2. The smallest absolute Gasteiger partial charge is 0.320 e. The molecular weight excluding hydrogens is 427 g/mol. The predicted octanol–water partition coefficient (Wildman–Crippen LogP) is 3.17. The fourth-order valence-electron chi connectivity index (χ4n) is 4.48. The number of anilines is 3. The zero-order valence-electron chi connectivity index (χ0n) is 18.1. The Morgan fingerprint density at radius 3 is 2.91 bits per heavy atom.